The van der Waals surface area contributed by atoms with E-state index in [2.05, 4.69) is 482 Å². The van der Waals surface area contributed by atoms with Crippen LogP contribution < -0.4 is 14.7 Å². The molecule has 1 aliphatic carbocycles. The fourth-order valence-electron chi connectivity index (χ4n) is 22.2. The Hall–Kier alpha value is -19.4. The summed E-state index contributed by atoms with van der Waals surface area (Å²) in [6.07, 6.45) is 7.67. The van der Waals surface area contributed by atoms with E-state index in [1.54, 1.807) is 0 Å². The number of furan rings is 3. The van der Waals surface area contributed by atoms with Crippen LogP contribution in [-0.4, -0.2) is 15.0 Å². The van der Waals surface area contributed by atoms with Crippen LogP contribution >= 0.6 is 0 Å². The minimum absolute atomic E-state index is 0.0992. The summed E-state index contributed by atoms with van der Waals surface area (Å²) in [5.41, 5.74) is 33.0. The maximum atomic E-state index is 6.51. The molecule has 0 spiro atoms. The lowest BCUT2D eigenvalue weighted by Crippen LogP contribution is -2.16. The van der Waals surface area contributed by atoms with E-state index in [-0.39, 0.29) is 5.41 Å². The van der Waals surface area contributed by atoms with Crippen molar-refractivity contribution in [3.8, 4) is 78.0 Å². The maximum absolute atomic E-state index is 6.51. The summed E-state index contributed by atoms with van der Waals surface area (Å²) in [4.78, 5) is 21.3. The Morgan fingerprint density at radius 2 is 0.524 bits per heavy atom. The van der Waals surface area contributed by atoms with E-state index in [0.29, 0.717) is 0 Å². The Bertz CT molecular complexity index is 9740. The van der Waals surface area contributed by atoms with Gasteiger partial charge in [0.1, 0.15) is 39.3 Å². The van der Waals surface area contributed by atoms with Crippen LogP contribution in [0.15, 0.2) is 535 Å². The van der Waals surface area contributed by atoms with Crippen LogP contribution in [0.3, 0.4) is 0 Å². The van der Waals surface area contributed by atoms with Crippen molar-refractivity contribution >= 4 is 182 Å². The predicted octanol–water partition coefficient (Wildman–Crippen LogP) is 38.6. The Morgan fingerprint density at radius 3 is 0.973 bits per heavy atom. The van der Waals surface area contributed by atoms with Crippen LogP contribution in [0.25, 0.3) is 208 Å². The standard InChI is InChI=1S/C49H32N2O.C46H32N2O.C43H28N2O/c1-3-9-33(10-4-1)35-17-23-40(24-18-35)51(41-25-19-36(20-26-41)34-11-5-2-6-12-34)42-27-30-46(50-32-42)39-22-28-43-38(31-39)16-15-37-21-29-45-44-13-7-8-14-47(44)52-49(45)48(37)43;1-46(2)41-11-5-3-9-37(41)38-24-21-35(27-42(38)46)48(33-18-15-29(16-19-33)32-8-7-25-47-28-32)34-20-23-36-31(26-34)14-13-30-17-22-40-39-10-4-6-12-43(39)49-45(40)44(30)36;1-3-9-29(10-4-1)31-17-21-35(22-18-31)45(41-26-20-34(28-44-41)30-11-5-2-6-12-30)36-23-25-37-33(27-36)16-15-32-19-24-39-38-13-7-8-14-40(38)46-43(39)42(32)37/h1-32H;3-28H,1-2H3;1-28H. The topological polar surface area (TPSA) is 87.8 Å². The lowest BCUT2D eigenvalue weighted by atomic mass is 9.82. The number of benzene rings is 22. The van der Waals surface area contributed by atoms with Gasteiger partial charge in [-0.2, -0.15) is 0 Å². The quantitative estimate of drug-likeness (QED) is 0.0931. The molecule has 692 valence electrons. The van der Waals surface area contributed by atoms with E-state index in [4.69, 9.17) is 23.2 Å². The van der Waals surface area contributed by atoms with Gasteiger partial charge in [0.05, 0.1) is 17.6 Å². The highest BCUT2D eigenvalue weighted by molar-refractivity contribution is 6.26. The third-order valence-electron chi connectivity index (χ3n) is 29.5. The molecule has 0 saturated carbocycles. The van der Waals surface area contributed by atoms with Crippen molar-refractivity contribution in [1.82, 2.24) is 15.0 Å². The lowest BCUT2D eigenvalue weighted by Gasteiger charge is -2.28. The zero-order valence-electron chi connectivity index (χ0n) is 80.6. The number of para-hydroxylation sites is 3. The van der Waals surface area contributed by atoms with E-state index < -0.39 is 0 Å². The Morgan fingerprint density at radius 1 is 0.197 bits per heavy atom. The van der Waals surface area contributed by atoms with Gasteiger partial charge in [-0.1, -0.05) is 354 Å². The zero-order valence-corrected chi connectivity index (χ0v) is 80.6. The first-order chi connectivity index (χ1) is 72.6. The SMILES string of the molecule is CC1(C)c2ccccc2-c2ccc(N(c3ccc(-c4cccnc4)cc3)c3ccc4c(ccc5ccc6c7ccccc7oc6c54)c3)cc21.c1ccc(-c2ccc(N(c3ccc(-c4ccccc4)cc3)c3ccc(-c4ccc5c(ccc6ccc7c8ccccc8oc7c65)c4)nc3)cc2)cc1.c1ccc(-c2ccc(N(c3ccc4c(ccc5ccc6c7ccccc7oc6c54)c3)c3ccc(-c4ccccc4)cn3)cc2)cc1. The van der Waals surface area contributed by atoms with Gasteiger partial charge < -0.3 is 23.1 Å². The highest BCUT2D eigenvalue weighted by atomic mass is 16.3. The molecule has 0 bridgehead atoms. The number of pyridine rings is 3. The third kappa shape index (κ3) is 15.6. The third-order valence-corrected chi connectivity index (χ3v) is 29.5. The van der Waals surface area contributed by atoms with Crippen LogP contribution in [0, 0.1) is 0 Å². The highest BCUT2D eigenvalue weighted by Crippen LogP contribution is 2.53. The lowest BCUT2D eigenvalue weighted by molar-refractivity contribution is 0.660. The van der Waals surface area contributed by atoms with E-state index >= 15 is 0 Å². The molecule has 0 atom stereocenters. The van der Waals surface area contributed by atoms with Crippen LogP contribution in [0.5, 0.6) is 0 Å². The summed E-state index contributed by atoms with van der Waals surface area (Å²) in [5.74, 6) is 0.854. The van der Waals surface area contributed by atoms with Gasteiger partial charge in [0.25, 0.3) is 0 Å². The van der Waals surface area contributed by atoms with Gasteiger partial charge in [-0.15, -0.1) is 0 Å². The van der Waals surface area contributed by atoms with Gasteiger partial charge in [0, 0.05) is 123 Å². The second kappa shape index (κ2) is 36.3. The summed E-state index contributed by atoms with van der Waals surface area (Å²) in [7, 11) is 0. The van der Waals surface area contributed by atoms with Crippen molar-refractivity contribution < 1.29 is 13.3 Å². The molecule has 28 aromatic rings. The number of rotatable bonds is 15. The van der Waals surface area contributed by atoms with Gasteiger partial charge in [0.2, 0.25) is 0 Å². The fraction of sp³-hybridized carbons (Fsp3) is 0.0217. The molecule has 9 heteroatoms. The molecule has 22 aromatic carbocycles. The van der Waals surface area contributed by atoms with E-state index in [1.807, 2.05) is 73.3 Å². The molecule has 6 heterocycles. The molecule has 0 fully saturated rings. The smallest absolute Gasteiger partial charge is 0.143 e. The van der Waals surface area contributed by atoms with E-state index in [0.717, 1.165) is 183 Å². The molecule has 0 aliphatic heterocycles. The molecule has 0 unspecified atom stereocenters. The molecule has 6 aromatic heterocycles. The first-order valence-electron chi connectivity index (χ1n) is 50.0. The Kier molecular flexibility index (Phi) is 21.4. The van der Waals surface area contributed by atoms with Crippen LogP contribution in [0.4, 0.5) is 51.3 Å². The molecule has 29 rings (SSSR count). The second-order valence-corrected chi connectivity index (χ2v) is 38.5. The number of anilines is 9. The normalized spacial score (nSPS) is 12.1. The van der Waals surface area contributed by atoms with Gasteiger partial charge in [-0.25, -0.2) is 4.98 Å². The van der Waals surface area contributed by atoms with Crippen LogP contribution in [0.1, 0.15) is 25.0 Å². The number of nitrogens with zero attached hydrogens (tertiary/aromatic N) is 6. The summed E-state index contributed by atoms with van der Waals surface area (Å²) < 4.78 is 19.4. The molecule has 147 heavy (non-hydrogen) atoms. The van der Waals surface area contributed by atoms with E-state index in [9.17, 15) is 0 Å². The molecular formula is C138H92N6O3. The summed E-state index contributed by atoms with van der Waals surface area (Å²) in [6, 6.07) is 177. The van der Waals surface area contributed by atoms with Gasteiger partial charge in [0.15, 0.2) is 0 Å². The minimum Gasteiger partial charge on any atom is -0.455 e. The summed E-state index contributed by atoms with van der Waals surface area (Å²) in [5, 5.41) is 20.8. The van der Waals surface area contributed by atoms with Gasteiger partial charge in [-0.05, 0) is 279 Å². The fourth-order valence-corrected chi connectivity index (χ4v) is 22.2. The molecule has 0 N–H and O–H groups in total. The monoisotopic (exact) mass is 1880 g/mol. The van der Waals surface area contributed by atoms with Gasteiger partial charge in [-0.3, -0.25) is 14.9 Å². The van der Waals surface area contributed by atoms with Crippen molar-refractivity contribution in [2.45, 2.75) is 19.3 Å². The molecular weight excluding hydrogens is 1790 g/mol. The Balaban J connectivity index is 0.000000109. The van der Waals surface area contributed by atoms with Crippen molar-refractivity contribution in [3.63, 3.8) is 0 Å². The first-order valence-corrected chi connectivity index (χ1v) is 50.0. The highest BCUT2D eigenvalue weighted by Gasteiger charge is 2.36. The van der Waals surface area contributed by atoms with Crippen molar-refractivity contribution in [3.05, 3.63) is 533 Å². The average molecular weight is 1880 g/mol. The molecule has 0 radical (unpaired) electrons. The minimum atomic E-state index is -0.0992. The summed E-state index contributed by atoms with van der Waals surface area (Å²) >= 11 is 0. The first kappa shape index (κ1) is 86.7. The van der Waals surface area contributed by atoms with Crippen molar-refractivity contribution in [1.29, 1.82) is 0 Å². The van der Waals surface area contributed by atoms with Crippen LogP contribution in [0.2, 0.25) is 0 Å². The molecule has 0 amide bonds. The Labute approximate surface area is 849 Å². The molecule has 9 nitrogen and oxygen atoms in total. The van der Waals surface area contributed by atoms with E-state index in [1.165, 1.54) is 88.0 Å². The number of hydrogen-bond acceptors (Lipinski definition) is 9. The summed E-state index contributed by atoms with van der Waals surface area (Å²) in [6.45, 7) is 4.68. The van der Waals surface area contributed by atoms with Gasteiger partial charge >= 0.3 is 0 Å². The number of fused-ring (bicyclic) bond motifs is 24. The number of hydrogen-bond donors (Lipinski definition) is 0. The largest absolute Gasteiger partial charge is 0.455 e. The van der Waals surface area contributed by atoms with Crippen LogP contribution in [-0.2, 0) is 5.41 Å². The molecule has 0 saturated heterocycles. The average Bonchev–Trinajstić information content (AvgIpc) is 1.69. The zero-order chi connectivity index (χ0) is 97.6. The maximum Gasteiger partial charge on any atom is 0.143 e. The van der Waals surface area contributed by atoms with Crippen molar-refractivity contribution in [2.24, 2.45) is 0 Å². The predicted molar refractivity (Wildman–Crippen MR) is 614 cm³/mol. The second-order valence-electron chi connectivity index (χ2n) is 38.5. The number of aromatic nitrogens is 3. The molecule has 1 aliphatic rings. The van der Waals surface area contributed by atoms with Crippen molar-refractivity contribution in [2.75, 3.05) is 14.7 Å².